The molecular weight excluding hydrogens is 368 g/mol. The quantitative estimate of drug-likeness (QED) is 0.510. The lowest BCUT2D eigenvalue weighted by Crippen LogP contribution is -2.42. The average Bonchev–Trinajstić information content (AvgIpc) is 3.44. The summed E-state index contributed by atoms with van der Waals surface area (Å²) < 4.78 is 13.7. The topological polar surface area (TPSA) is 80.7 Å². The van der Waals surface area contributed by atoms with E-state index in [4.69, 9.17) is 14.1 Å². The second-order valence-electron chi connectivity index (χ2n) is 7.48. The summed E-state index contributed by atoms with van der Waals surface area (Å²) >= 11 is 0. The van der Waals surface area contributed by atoms with E-state index in [2.05, 4.69) is 32.5 Å². The molecule has 0 amide bonds. The summed E-state index contributed by atoms with van der Waals surface area (Å²) in [4.78, 5) is 6.86. The zero-order chi connectivity index (χ0) is 20.2. The van der Waals surface area contributed by atoms with Crippen LogP contribution >= 0.6 is 0 Å². The van der Waals surface area contributed by atoms with Crippen LogP contribution < -0.4 is 5.32 Å². The molecule has 1 saturated heterocycles. The van der Waals surface area contributed by atoms with Crippen LogP contribution in [0.5, 0.6) is 0 Å². The van der Waals surface area contributed by atoms with E-state index >= 15 is 0 Å². The molecule has 154 valence electrons. The van der Waals surface area contributed by atoms with Crippen LogP contribution in [0.15, 0.2) is 39.7 Å². The van der Waals surface area contributed by atoms with Crippen molar-refractivity contribution in [3.05, 3.63) is 47.7 Å². The molecule has 0 bridgehead atoms. The summed E-state index contributed by atoms with van der Waals surface area (Å²) in [6.45, 7) is 4.58. The maximum atomic E-state index is 5.98. The van der Waals surface area contributed by atoms with E-state index in [9.17, 15) is 0 Å². The van der Waals surface area contributed by atoms with Gasteiger partial charge in [-0.15, -0.1) is 10.2 Å². The molecule has 29 heavy (non-hydrogen) atoms. The Balaban J connectivity index is 1.48. The molecule has 1 unspecified atom stereocenters. The van der Waals surface area contributed by atoms with Gasteiger partial charge in [0.25, 0.3) is 0 Å². The highest BCUT2D eigenvalue weighted by Crippen LogP contribution is 2.20. The summed E-state index contributed by atoms with van der Waals surface area (Å²) in [6.07, 6.45) is 2.43. The van der Waals surface area contributed by atoms with E-state index in [1.807, 2.05) is 43.8 Å². The lowest BCUT2D eigenvalue weighted by molar-refractivity contribution is 0.113. The van der Waals surface area contributed by atoms with Gasteiger partial charge in [-0.2, -0.15) is 0 Å². The van der Waals surface area contributed by atoms with E-state index in [0.29, 0.717) is 13.1 Å². The number of aliphatic imine (C=N–C) groups is 1. The van der Waals surface area contributed by atoms with Gasteiger partial charge in [-0.3, -0.25) is 0 Å². The molecule has 4 rings (SSSR count). The Labute approximate surface area is 170 Å². The van der Waals surface area contributed by atoms with Gasteiger partial charge in [0.15, 0.2) is 11.8 Å². The second-order valence-corrected chi connectivity index (χ2v) is 7.48. The number of hydrogen-bond donors (Lipinski definition) is 1. The first-order valence-corrected chi connectivity index (χ1v) is 10.0. The highest BCUT2D eigenvalue weighted by atomic mass is 16.5. The fourth-order valence-corrected chi connectivity index (χ4v) is 3.48. The zero-order valence-electron chi connectivity index (χ0n) is 17.3. The predicted molar refractivity (Wildman–Crippen MR) is 112 cm³/mol. The van der Waals surface area contributed by atoms with Gasteiger partial charge in [0.05, 0.1) is 12.6 Å². The standard InChI is InChI=1S/C21H28N6O2/c1-15-24-25-20(27(15)3)13-23-21(22-12-17-8-6-10-28-17)26(2)14-18-11-16-7-4-5-9-19(16)29-18/h4-5,7,9,11,17H,6,8,10,12-14H2,1-3H3,(H,22,23). The molecule has 0 aliphatic carbocycles. The Morgan fingerprint density at radius 3 is 2.93 bits per heavy atom. The minimum Gasteiger partial charge on any atom is -0.459 e. The van der Waals surface area contributed by atoms with Gasteiger partial charge >= 0.3 is 0 Å². The number of rotatable bonds is 6. The SMILES string of the molecule is Cc1nnc(CN=C(NCC2CCCO2)N(C)Cc2cc3ccccc3o2)n1C. The van der Waals surface area contributed by atoms with E-state index < -0.39 is 0 Å². The van der Waals surface area contributed by atoms with Crippen molar-refractivity contribution < 1.29 is 9.15 Å². The minimum absolute atomic E-state index is 0.233. The van der Waals surface area contributed by atoms with E-state index in [0.717, 1.165) is 60.3 Å². The number of aryl methyl sites for hydroxylation is 1. The Bertz CT molecular complexity index is 953. The van der Waals surface area contributed by atoms with Crippen LogP contribution in [0.4, 0.5) is 0 Å². The smallest absolute Gasteiger partial charge is 0.194 e. The van der Waals surface area contributed by atoms with E-state index in [1.165, 1.54) is 0 Å². The van der Waals surface area contributed by atoms with Crippen molar-refractivity contribution in [2.45, 2.75) is 39.0 Å². The molecule has 0 radical (unpaired) electrons. The molecule has 8 nitrogen and oxygen atoms in total. The highest BCUT2D eigenvalue weighted by Gasteiger charge is 2.18. The first-order valence-electron chi connectivity index (χ1n) is 10.0. The predicted octanol–water partition coefficient (Wildman–Crippen LogP) is 2.63. The average molecular weight is 396 g/mol. The molecule has 1 aromatic carbocycles. The number of hydrogen-bond acceptors (Lipinski definition) is 5. The molecule has 1 atom stereocenters. The lowest BCUT2D eigenvalue weighted by atomic mass is 10.2. The molecule has 2 aromatic heterocycles. The van der Waals surface area contributed by atoms with Crippen molar-refractivity contribution in [3.8, 4) is 0 Å². The van der Waals surface area contributed by atoms with Gasteiger partial charge in [0.2, 0.25) is 0 Å². The number of ether oxygens (including phenoxy) is 1. The van der Waals surface area contributed by atoms with Crippen molar-refractivity contribution in [1.82, 2.24) is 25.0 Å². The third kappa shape index (κ3) is 4.59. The molecule has 3 heterocycles. The fourth-order valence-electron chi connectivity index (χ4n) is 3.48. The molecule has 0 spiro atoms. The van der Waals surface area contributed by atoms with Gasteiger partial charge < -0.3 is 23.9 Å². The zero-order valence-corrected chi connectivity index (χ0v) is 17.3. The Kier molecular flexibility index (Phi) is 5.80. The second kappa shape index (κ2) is 8.65. The molecule has 1 fully saturated rings. The number of aromatic nitrogens is 3. The van der Waals surface area contributed by atoms with Crippen LogP contribution in [-0.4, -0.2) is 51.9 Å². The maximum absolute atomic E-state index is 5.98. The molecular formula is C21H28N6O2. The molecule has 0 saturated carbocycles. The van der Waals surface area contributed by atoms with Crippen molar-refractivity contribution >= 4 is 16.9 Å². The van der Waals surface area contributed by atoms with E-state index in [1.54, 1.807) is 0 Å². The van der Waals surface area contributed by atoms with Crippen LogP contribution in [0, 0.1) is 6.92 Å². The van der Waals surface area contributed by atoms with Gasteiger partial charge in [0.1, 0.15) is 23.7 Å². The van der Waals surface area contributed by atoms with Crippen LogP contribution in [0.3, 0.4) is 0 Å². The van der Waals surface area contributed by atoms with Crippen LogP contribution in [0.2, 0.25) is 0 Å². The molecule has 3 aromatic rings. The number of nitrogens with one attached hydrogen (secondary N) is 1. The number of fused-ring (bicyclic) bond motifs is 1. The minimum atomic E-state index is 0.233. The Morgan fingerprint density at radius 2 is 2.21 bits per heavy atom. The van der Waals surface area contributed by atoms with Crippen molar-refractivity contribution in [3.63, 3.8) is 0 Å². The van der Waals surface area contributed by atoms with Gasteiger partial charge in [0, 0.05) is 32.6 Å². The molecule has 1 aliphatic heterocycles. The summed E-state index contributed by atoms with van der Waals surface area (Å²) in [5.74, 6) is 3.40. The van der Waals surface area contributed by atoms with Crippen LogP contribution in [0.25, 0.3) is 11.0 Å². The monoisotopic (exact) mass is 396 g/mol. The van der Waals surface area contributed by atoms with E-state index in [-0.39, 0.29) is 6.10 Å². The third-order valence-corrected chi connectivity index (χ3v) is 5.30. The van der Waals surface area contributed by atoms with Crippen LogP contribution in [-0.2, 0) is 24.9 Å². The molecule has 8 heteroatoms. The van der Waals surface area contributed by atoms with Crippen molar-refractivity contribution in [2.75, 3.05) is 20.2 Å². The lowest BCUT2D eigenvalue weighted by Gasteiger charge is -2.23. The summed E-state index contributed by atoms with van der Waals surface area (Å²) in [7, 11) is 3.97. The number of benzene rings is 1. The number of guanidine groups is 1. The Hall–Kier alpha value is -2.87. The van der Waals surface area contributed by atoms with Gasteiger partial charge in [-0.25, -0.2) is 4.99 Å². The number of furan rings is 1. The van der Waals surface area contributed by atoms with Crippen molar-refractivity contribution in [2.24, 2.45) is 12.0 Å². The van der Waals surface area contributed by atoms with Crippen molar-refractivity contribution in [1.29, 1.82) is 0 Å². The van der Waals surface area contributed by atoms with Crippen LogP contribution in [0.1, 0.15) is 30.3 Å². The Morgan fingerprint density at radius 1 is 1.34 bits per heavy atom. The third-order valence-electron chi connectivity index (χ3n) is 5.30. The normalized spacial score (nSPS) is 17.2. The summed E-state index contributed by atoms with van der Waals surface area (Å²) in [5.41, 5.74) is 0.899. The van der Waals surface area contributed by atoms with Gasteiger partial charge in [-0.1, -0.05) is 18.2 Å². The highest BCUT2D eigenvalue weighted by molar-refractivity contribution is 5.80. The number of para-hydroxylation sites is 1. The fraction of sp³-hybridized carbons (Fsp3) is 0.476. The summed E-state index contributed by atoms with van der Waals surface area (Å²) in [5, 5.41) is 12.9. The largest absolute Gasteiger partial charge is 0.459 e. The first kappa shape index (κ1) is 19.4. The first-order chi connectivity index (χ1) is 14.1. The summed E-state index contributed by atoms with van der Waals surface area (Å²) in [6, 6.07) is 10.1. The maximum Gasteiger partial charge on any atom is 0.194 e. The van der Waals surface area contributed by atoms with Gasteiger partial charge in [-0.05, 0) is 31.9 Å². The molecule has 1 N–H and O–H groups in total. The molecule has 1 aliphatic rings. The number of nitrogens with zero attached hydrogens (tertiary/aromatic N) is 5.